The molecule has 3 rings (SSSR count). The number of benzene rings is 1. The zero-order chi connectivity index (χ0) is 20.3. The maximum atomic E-state index is 12.9. The highest BCUT2D eigenvalue weighted by Gasteiger charge is 2.30. The predicted octanol–water partition coefficient (Wildman–Crippen LogP) is 1.93. The van der Waals surface area contributed by atoms with Crippen LogP contribution in [0.3, 0.4) is 0 Å². The molecule has 0 N–H and O–H groups in total. The molecule has 0 aliphatic rings. The molecule has 0 saturated carbocycles. The van der Waals surface area contributed by atoms with Crippen LogP contribution in [-0.2, 0) is 17.5 Å². The van der Waals surface area contributed by atoms with Crippen molar-refractivity contribution in [3.8, 4) is 11.8 Å². The number of fused-ring (bicyclic) bond motifs is 1. The Labute approximate surface area is 159 Å². The van der Waals surface area contributed by atoms with Gasteiger partial charge in [0.25, 0.3) is 0 Å². The Morgan fingerprint density at radius 2 is 2.00 bits per heavy atom. The van der Waals surface area contributed by atoms with Crippen LogP contribution in [0.15, 0.2) is 48.7 Å². The predicted molar refractivity (Wildman–Crippen MR) is 94.0 cm³/mol. The molecule has 0 atom stereocenters. The second-order valence-corrected chi connectivity index (χ2v) is 6.21. The normalized spacial score (nSPS) is 11.5. The molecule has 3 aromatic rings. The van der Waals surface area contributed by atoms with Crippen molar-refractivity contribution in [2.24, 2.45) is 0 Å². The first-order valence-electron chi connectivity index (χ1n) is 8.27. The van der Waals surface area contributed by atoms with Crippen molar-refractivity contribution in [1.82, 2.24) is 14.3 Å². The fourth-order valence-corrected chi connectivity index (χ4v) is 2.72. The van der Waals surface area contributed by atoms with Crippen LogP contribution in [0, 0.1) is 11.8 Å². The summed E-state index contributed by atoms with van der Waals surface area (Å²) in [6, 6.07) is 10.1. The standard InChI is InChI=1S/C20H16F3N3O2/c1-25(13-19(27)28)12-16-17(26-10-3-2-7-18(26)24-16)9-8-14-5-4-6-15(11-14)20(21,22)23/h2-7,10-11H,12-13H2,1H3,(H,27,28)/p-1. The quantitative estimate of drug-likeness (QED) is 0.643. The number of carboxylic acid groups (broad SMARTS) is 1. The zero-order valence-electron chi connectivity index (χ0n) is 14.8. The van der Waals surface area contributed by atoms with E-state index in [9.17, 15) is 23.1 Å². The largest absolute Gasteiger partial charge is 0.549 e. The van der Waals surface area contributed by atoms with Crippen molar-refractivity contribution in [3.05, 3.63) is 71.2 Å². The molecular weight excluding hydrogens is 371 g/mol. The van der Waals surface area contributed by atoms with Crippen LogP contribution in [-0.4, -0.2) is 33.8 Å². The van der Waals surface area contributed by atoms with Gasteiger partial charge in [0.1, 0.15) is 11.3 Å². The molecule has 0 radical (unpaired) electrons. The van der Waals surface area contributed by atoms with Gasteiger partial charge in [0, 0.05) is 24.8 Å². The molecule has 0 fully saturated rings. The lowest BCUT2D eigenvalue weighted by Crippen LogP contribution is -2.35. The second kappa shape index (κ2) is 7.74. The number of rotatable bonds is 4. The first kappa shape index (κ1) is 19.5. The van der Waals surface area contributed by atoms with E-state index in [1.165, 1.54) is 17.0 Å². The Kier molecular flexibility index (Phi) is 5.38. The van der Waals surface area contributed by atoms with Crippen LogP contribution in [0.5, 0.6) is 0 Å². The molecular formula is C20H15F3N3O2-. The van der Waals surface area contributed by atoms with Gasteiger partial charge in [-0.25, -0.2) is 4.98 Å². The van der Waals surface area contributed by atoms with E-state index in [1.807, 2.05) is 0 Å². The van der Waals surface area contributed by atoms with Gasteiger partial charge in [0.2, 0.25) is 0 Å². The Bertz CT molecular complexity index is 1080. The molecule has 0 unspecified atom stereocenters. The zero-order valence-corrected chi connectivity index (χ0v) is 14.8. The van der Waals surface area contributed by atoms with E-state index in [-0.39, 0.29) is 18.7 Å². The first-order chi connectivity index (χ1) is 13.2. The maximum Gasteiger partial charge on any atom is 0.416 e. The lowest BCUT2D eigenvalue weighted by molar-refractivity contribution is -0.306. The molecule has 5 nitrogen and oxygen atoms in total. The van der Waals surface area contributed by atoms with E-state index in [4.69, 9.17) is 0 Å². The molecule has 0 amide bonds. The van der Waals surface area contributed by atoms with Crippen LogP contribution < -0.4 is 5.11 Å². The van der Waals surface area contributed by atoms with Crippen LogP contribution >= 0.6 is 0 Å². The van der Waals surface area contributed by atoms with Crippen LogP contribution in [0.1, 0.15) is 22.5 Å². The van der Waals surface area contributed by atoms with Crippen molar-refractivity contribution in [1.29, 1.82) is 0 Å². The van der Waals surface area contributed by atoms with Gasteiger partial charge >= 0.3 is 6.18 Å². The Hall–Kier alpha value is -3.31. The van der Waals surface area contributed by atoms with Crippen LogP contribution in [0.2, 0.25) is 0 Å². The monoisotopic (exact) mass is 386 g/mol. The number of carbonyl (C=O) groups is 1. The van der Waals surface area contributed by atoms with Gasteiger partial charge < -0.3 is 9.90 Å². The minimum atomic E-state index is -4.44. The van der Waals surface area contributed by atoms with Gasteiger partial charge in [-0.1, -0.05) is 18.1 Å². The number of aliphatic carboxylic acids is 1. The molecule has 0 spiro atoms. The highest BCUT2D eigenvalue weighted by Crippen LogP contribution is 2.29. The van der Waals surface area contributed by atoms with Crippen LogP contribution in [0.4, 0.5) is 13.2 Å². The Morgan fingerprint density at radius 3 is 2.71 bits per heavy atom. The number of hydrogen-bond donors (Lipinski definition) is 0. The molecule has 0 bridgehead atoms. The molecule has 1 aromatic carbocycles. The number of carbonyl (C=O) groups excluding carboxylic acids is 1. The fraction of sp³-hybridized carbons (Fsp3) is 0.200. The van der Waals surface area contributed by atoms with Gasteiger partial charge in [0.05, 0.1) is 17.2 Å². The number of nitrogens with zero attached hydrogens (tertiary/aromatic N) is 3. The molecule has 144 valence electrons. The lowest BCUT2D eigenvalue weighted by Gasteiger charge is -2.15. The van der Waals surface area contributed by atoms with Gasteiger partial charge in [-0.05, 0) is 43.3 Å². The number of halogens is 3. The third-order valence-electron chi connectivity index (χ3n) is 3.94. The summed E-state index contributed by atoms with van der Waals surface area (Å²) in [6.45, 7) is -0.0867. The number of alkyl halides is 3. The minimum absolute atomic E-state index is 0.197. The summed E-state index contributed by atoms with van der Waals surface area (Å²) in [4.78, 5) is 16.7. The fourth-order valence-electron chi connectivity index (χ4n) is 2.72. The highest BCUT2D eigenvalue weighted by atomic mass is 19.4. The van der Waals surface area contributed by atoms with Gasteiger partial charge in [-0.2, -0.15) is 13.2 Å². The van der Waals surface area contributed by atoms with Gasteiger partial charge in [0.15, 0.2) is 0 Å². The van der Waals surface area contributed by atoms with Gasteiger partial charge in [-0.3, -0.25) is 9.30 Å². The summed E-state index contributed by atoms with van der Waals surface area (Å²) in [7, 11) is 1.60. The summed E-state index contributed by atoms with van der Waals surface area (Å²) in [5, 5.41) is 10.8. The molecule has 0 aliphatic heterocycles. The number of pyridine rings is 1. The van der Waals surface area contributed by atoms with E-state index in [2.05, 4.69) is 16.8 Å². The molecule has 28 heavy (non-hydrogen) atoms. The van der Waals surface area contributed by atoms with E-state index in [0.717, 1.165) is 12.1 Å². The number of aromatic nitrogens is 2. The molecule has 8 heteroatoms. The third kappa shape index (κ3) is 4.50. The lowest BCUT2D eigenvalue weighted by atomic mass is 10.1. The van der Waals surface area contributed by atoms with E-state index < -0.39 is 17.7 Å². The molecule has 2 heterocycles. The Balaban J connectivity index is 2.00. The third-order valence-corrected chi connectivity index (χ3v) is 3.94. The van der Waals surface area contributed by atoms with Gasteiger partial charge in [-0.15, -0.1) is 0 Å². The van der Waals surface area contributed by atoms with Crippen molar-refractivity contribution >= 4 is 11.6 Å². The highest BCUT2D eigenvalue weighted by molar-refractivity contribution is 5.66. The summed E-state index contributed by atoms with van der Waals surface area (Å²) in [5.41, 5.74) is 1.06. The topological polar surface area (TPSA) is 60.7 Å². The minimum Gasteiger partial charge on any atom is -0.549 e. The number of imidazole rings is 1. The summed E-state index contributed by atoms with van der Waals surface area (Å²) in [5.74, 6) is 4.41. The summed E-state index contributed by atoms with van der Waals surface area (Å²) < 4.78 is 40.4. The second-order valence-electron chi connectivity index (χ2n) is 6.21. The van der Waals surface area contributed by atoms with Crippen molar-refractivity contribution in [3.63, 3.8) is 0 Å². The van der Waals surface area contributed by atoms with Crippen molar-refractivity contribution < 1.29 is 23.1 Å². The Morgan fingerprint density at radius 1 is 1.21 bits per heavy atom. The first-order valence-corrected chi connectivity index (χ1v) is 8.27. The average molecular weight is 386 g/mol. The van der Waals surface area contributed by atoms with E-state index in [1.54, 1.807) is 35.8 Å². The summed E-state index contributed by atoms with van der Waals surface area (Å²) >= 11 is 0. The van der Waals surface area contributed by atoms with Crippen LogP contribution in [0.25, 0.3) is 5.65 Å². The number of hydrogen-bond acceptors (Lipinski definition) is 4. The van der Waals surface area contributed by atoms with E-state index in [0.29, 0.717) is 17.0 Å². The number of likely N-dealkylation sites (N-methyl/N-ethyl adjacent to an activating group) is 1. The van der Waals surface area contributed by atoms with Crippen molar-refractivity contribution in [2.45, 2.75) is 12.7 Å². The smallest absolute Gasteiger partial charge is 0.416 e. The van der Waals surface area contributed by atoms with Crippen molar-refractivity contribution in [2.75, 3.05) is 13.6 Å². The number of carboxylic acids is 1. The average Bonchev–Trinajstić information content (AvgIpc) is 2.95. The summed E-state index contributed by atoms with van der Waals surface area (Å²) in [6.07, 6.45) is -2.71. The maximum absolute atomic E-state index is 12.9. The molecule has 0 aliphatic carbocycles. The molecule has 2 aromatic heterocycles. The SMILES string of the molecule is CN(CC(=O)[O-])Cc1nc2ccccn2c1C#Cc1cccc(C(F)(F)F)c1. The van der Waals surface area contributed by atoms with E-state index >= 15 is 0 Å². The molecule has 0 saturated heterocycles.